The molecule has 2 unspecified atom stereocenters. The number of halogens is 1. The van der Waals surface area contributed by atoms with E-state index >= 15 is 0 Å². The second kappa shape index (κ2) is 7.92. The molecular formula is C18H18BrNO3. The van der Waals surface area contributed by atoms with E-state index in [1.54, 1.807) is 25.1 Å². The molecule has 5 heteroatoms. The first-order chi connectivity index (χ1) is 11.0. The Bertz CT molecular complexity index is 688. The van der Waals surface area contributed by atoms with Crippen LogP contribution in [0.4, 0.5) is 0 Å². The van der Waals surface area contributed by atoms with Crippen LogP contribution in [-0.2, 0) is 9.53 Å². The van der Waals surface area contributed by atoms with Crippen molar-refractivity contribution in [2.24, 2.45) is 0 Å². The first-order valence-electron chi connectivity index (χ1n) is 7.29. The number of hydrogen-bond donors (Lipinski definition) is 1. The molecule has 0 saturated carbocycles. The van der Waals surface area contributed by atoms with E-state index in [9.17, 15) is 9.59 Å². The number of rotatable bonds is 5. The van der Waals surface area contributed by atoms with Gasteiger partial charge in [0.2, 0.25) is 0 Å². The summed E-state index contributed by atoms with van der Waals surface area (Å²) in [6.07, 6.45) is -0.868. The monoisotopic (exact) mass is 375 g/mol. The molecule has 4 nitrogen and oxygen atoms in total. The minimum Gasteiger partial charge on any atom is -0.449 e. The summed E-state index contributed by atoms with van der Waals surface area (Å²) < 4.78 is 6.00. The highest BCUT2D eigenvalue weighted by atomic mass is 79.9. The molecule has 0 heterocycles. The fourth-order valence-electron chi connectivity index (χ4n) is 2.05. The number of carbonyl (C=O) groups excluding carboxylic acids is 2. The Labute approximate surface area is 144 Å². The van der Waals surface area contributed by atoms with Gasteiger partial charge in [-0.15, -0.1) is 0 Å². The number of benzene rings is 2. The first kappa shape index (κ1) is 17.2. The van der Waals surface area contributed by atoms with Crippen LogP contribution in [-0.4, -0.2) is 18.0 Å². The van der Waals surface area contributed by atoms with Crippen molar-refractivity contribution in [2.75, 3.05) is 0 Å². The summed E-state index contributed by atoms with van der Waals surface area (Å²) in [7, 11) is 0. The lowest BCUT2D eigenvalue weighted by Crippen LogP contribution is -2.37. The summed E-state index contributed by atoms with van der Waals surface area (Å²) in [5, 5.41) is 2.84. The van der Waals surface area contributed by atoms with Gasteiger partial charge < -0.3 is 10.1 Å². The molecule has 0 spiro atoms. The van der Waals surface area contributed by atoms with Crippen LogP contribution in [0, 0.1) is 0 Å². The maximum atomic E-state index is 12.2. The van der Waals surface area contributed by atoms with E-state index in [2.05, 4.69) is 21.2 Å². The highest BCUT2D eigenvalue weighted by molar-refractivity contribution is 9.10. The number of amides is 1. The molecule has 0 bridgehead atoms. The maximum Gasteiger partial charge on any atom is 0.338 e. The van der Waals surface area contributed by atoms with E-state index in [1.807, 2.05) is 43.3 Å². The fraction of sp³-hybridized carbons (Fsp3) is 0.222. The minimum atomic E-state index is -0.868. The molecule has 0 aromatic heterocycles. The Hall–Kier alpha value is -2.14. The maximum absolute atomic E-state index is 12.2. The summed E-state index contributed by atoms with van der Waals surface area (Å²) >= 11 is 3.30. The molecule has 0 radical (unpaired) electrons. The average molecular weight is 376 g/mol. The molecular weight excluding hydrogens is 358 g/mol. The zero-order valence-electron chi connectivity index (χ0n) is 13.0. The minimum absolute atomic E-state index is 0.157. The van der Waals surface area contributed by atoms with Crippen LogP contribution in [0.15, 0.2) is 59.1 Å². The Morgan fingerprint density at radius 1 is 1.04 bits per heavy atom. The van der Waals surface area contributed by atoms with Crippen molar-refractivity contribution in [3.05, 3.63) is 70.2 Å². The zero-order chi connectivity index (χ0) is 16.8. The lowest BCUT2D eigenvalue weighted by molar-refractivity contribution is -0.129. The third kappa shape index (κ3) is 4.93. The number of ether oxygens (including phenoxy) is 1. The number of hydrogen-bond acceptors (Lipinski definition) is 3. The van der Waals surface area contributed by atoms with Gasteiger partial charge in [-0.1, -0.05) is 52.3 Å². The third-order valence-corrected chi connectivity index (χ3v) is 3.86. The van der Waals surface area contributed by atoms with Crippen LogP contribution in [0.3, 0.4) is 0 Å². The Kier molecular flexibility index (Phi) is 5.93. The lowest BCUT2D eigenvalue weighted by atomic mass is 10.1. The van der Waals surface area contributed by atoms with Crippen molar-refractivity contribution >= 4 is 27.8 Å². The molecule has 0 aliphatic rings. The molecule has 1 amide bonds. The van der Waals surface area contributed by atoms with Gasteiger partial charge in [0, 0.05) is 4.47 Å². The van der Waals surface area contributed by atoms with E-state index in [0.717, 1.165) is 10.0 Å². The summed E-state index contributed by atoms with van der Waals surface area (Å²) in [5.74, 6) is -0.856. The molecule has 0 aliphatic heterocycles. The summed E-state index contributed by atoms with van der Waals surface area (Å²) in [6.45, 7) is 3.44. The predicted molar refractivity (Wildman–Crippen MR) is 92.0 cm³/mol. The van der Waals surface area contributed by atoms with E-state index in [0.29, 0.717) is 5.56 Å². The smallest absolute Gasteiger partial charge is 0.338 e. The molecule has 120 valence electrons. The first-order valence-corrected chi connectivity index (χ1v) is 8.08. The van der Waals surface area contributed by atoms with Gasteiger partial charge in [0.1, 0.15) is 0 Å². The van der Waals surface area contributed by atoms with Crippen molar-refractivity contribution in [1.29, 1.82) is 0 Å². The Morgan fingerprint density at radius 2 is 1.74 bits per heavy atom. The highest BCUT2D eigenvalue weighted by Crippen LogP contribution is 2.14. The fourth-order valence-corrected chi connectivity index (χ4v) is 2.45. The largest absolute Gasteiger partial charge is 0.449 e. The van der Waals surface area contributed by atoms with Crippen LogP contribution in [0.25, 0.3) is 0 Å². The average Bonchev–Trinajstić information content (AvgIpc) is 2.55. The second-order valence-corrected chi connectivity index (χ2v) is 6.11. The molecule has 2 rings (SSSR count). The van der Waals surface area contributed by atoms with Crippen LogP contribution < -0.4 is 5.32 Å². The molecule has 2 atom stereocenters. The van der Waals surface area contributed by atoms with Crippen molar-refractivity contribution < 1.29 is 14.3 Å². The summed E-state index contributed by atoms with van der Waals surface area (Å²) in [5.41, 5.74) is 1.39. The van der Waals surface area contributed by atoms with Gasteiger partial charge >= 0.3 is 5.97 Å². The lowest BCUT2D eigenvalue weighted by Gasteiger charge is -2.18. The van der Waals surface area contributed by atoms with Crippen LogP contribution in [0.1, 0.15) is 35.8 Å². The van der Waals surface area contributed by atoms with Crippen LogP contribution in [0.5, 0.6) is 0 Å². The van der Waals surface area contributed by atoms with Crippen LogP contribution >= 0.6 is 15.9 Å². The molecule has 2 aromatic carbocycles. The van der Waals surface area contributed by atoms with Gasteiger partial charge in [-0.3, -0.25) is 4.79 Å². The molecule has 2 aromatic rings. The quantitative estimate of drug-likeness (QED) is 0.806. The normalized spacial score (nSPS) is 13.0. The van der Waals surface area contributed by atoms with E-state index in [1.165, 1.54) is 0 Å². The van der Waals surface area contributed by atoms with Gasteiger partial charge in [0.05, 0.1) is 11.6 Å². The number of carbonyl (C=O) groups is 2. The number of nitrogens with one attached hydrogen (secondary N) is 1. The topological polar surface area (TPSA) is 55.4 Å². The van der Waals surface area contributed by atoms with Gasteiger partial charge in [-0.2, -0.15) is 0 Å². The van der Waals surface area contributed by atoms with E-state index in [4.69, 9.17) is 4.74 Å². The SMILES string of the molecule is CC(OC(=O)c1cccc(Br)c1)C(=O)NC(C)c1ccccc1. The van der Waals surface area contributed by atoms with Gasteiger partial charge in [-0.25, -0.2) is 4.79 Å². The third-order valence-electron chi connectivity index (χ3n) is 3.37. The molecule has 23 heavy (non-hydrogen) atoms. The zero-order valence-corrected chi connectivity index (χ0v) is 14.5. The van der Waals surface area contributed by atoms with Crippen molar-refractivity contribution in [3.8, 4) is 0 Å². The molecule has 0 saturated heterocycles. The van der Waals surface area contributed by atoms with Gasteiger partial charge in [-0.05, 0) is 37.6 Å². The van der Waals surface area contributed by atoms with Crippen molar-refractivity contribution in [3.63, 3.8) is 0 Å². The second-order valence-electron chi connectivity index (χ2n) is 5.20. The van der Waals surface area contributed by atoms with E-state index in [-0.39, 0.29) is 11.9 Å². The standard InChI is InChI=1S/C18H18BrNO3/c1-12(14-7-4-3-5-8-14)20-17(21)13(2)23-18(22)15-9-6-10-16(19)11-15/h3-13H,1-2H3,(H,20,21). The van der Waals surface area contributed by atoms with Crippen LogP contribution in [0.2, 0.25) is 0 Å². The van der Waals surface area contributed by atoms with Gasteiger partial charge in [0.25, 0.3) is 5.91 Å². The predicted octanol–water partition coefficient (Wildman–Crippen LogP) is 3.87. The van der Waals surface area contributed by atoms with Gasteiger partial charge in [0.15, 0.2) is 6.10 Å². The molecule has 1 N–H and O–H groups in total. The molecule has 0 fully saturated rings. The Balaban J connectivity index is 1.93. The molecule has 0 aliphatic carbocycles. The van der Waals surface area contributed by atoms with Crippen molar-refractivity contribution in [1.82, 2.24) is 5.32 Å². The number of esters is 1. The Morgan fingerprint density at radius 3 is 2.39 bits per heavy atom. The summed E-state index contributed by atoms with van der Waals surface area (Å²) in [6, 6.07) is 16.3. The van der Waals surface area contributed by atoms with E-state index < -0.39 is 12.1 Å². The van der Waals surface area contributed by atoms with Crippen molar-refractivity contribution in [2.45, 2.75) is 26.0 Å². The summed E-state index contributed by atoms with van der Waals surface area (Å²) in [4.78, 5) is 24.2. The highest BCUT2D eigenvalue weighted by Gasteiger charge is 2.20.